The summed E-state index contributed by atoms with van der Waals surface area (Å²) in [5, 5.41) is 1.41. The SMILES string of the molecule is CCCCN(CCBr)C(=O)c1ccc(Cl)c(Br)c1. The van der Waals surface area contributed by atoms with Crippen molar-refractivity contribution >= 4 is 49.4 Å². The van der Waals surface area contributed by atoms with Crippen LogP contribution in [-0.2, 0) is 0 Å². The topological polar surface area (TPSA) is 20.3 Å². The summed E-state index contributed by atoms with van der Waals surface area (Å²) in [6, 6.07) is 5.28. The summed E-state index contributed by atoms with van der Waals surface area (Å²) in [5.74, 6) is 0.0558. The minimum atomic E-state index is 0.0558. The van der Waals surface area contributed by atoms with E-state index in [1.807, 2.05) is 4.90 Å². The average molecular weight is 398 g/mol. The summed E-state index contributed by atoms with van der Waals surface area (Å²) in [5.41, 5.74) is 0.670. The monoisotopic (exact) mass is 395 g/mol. The lowest BCUT2D eigenvalue weighted by Gasteiger charge is -2.21. The van der Waals surface area contributed by atoms with Crippen LogP contribution < -0.4 is 0 Å². The van der Waals surface area contributed by atoms with Crippen molar-refractivity contribution in [2.75, 3.05) is 18.4 Å². The fraction of sp³-hybridized carbons (Fsp3) is 0.462. The highest BCUT2D eigenvalue weighted by Crippen LogP contribution is 2.24. The molecule has 0 bridgehead atoms. The Bertz CT molecular complexity index is 412. The van der Waals surface area contributed by atoms with E-state index in [9.17, 15) is 4.79 Å². The fourth-order valence-electron chi connectivity index (χ4n) is 1.58. The Balaban J connectivity index is 2.83. The molecule has 1 aromatic carbocycles. The zero-order valence-corrected chi connectivity index (χ0v) is 14.2. The molecule has 5 heteroatoms. The van der Waals surface area contributed by atoms with Gasteiger partial charge in [0.25, 0.3) is 5.91 Å². The quantitative estimate of drug-likeness (QED) is 0.635. The molecule has 0 atom stereocenters. The van der Waals surface area contributed by atoms with Crippen LogP contribution in [0.25, 0.3) is 0 Å². The normalized spacial score (nSPS) is 10.4. The number of benzene rings is 1. The zero-order chi connectivity index (χ0) is 13.5. The van der Waals surface area contributed by atoms with Crippen molar-refractivity contribution in [3.8, 4) is 0 Å². The van der Waals surface area contributed by atoms with Crippen LogP contribution in [-0.4, -0.2) is 29.2 Å². The van der Waals surface area contributed by atoms with Gasteiger partial charge in [-0.1, -0.05) is 40.9 Å². The van der Waals surface area contributed by atoms with Gasteiger partial charge in [0, 0.05) is 28.5 Å². The van der Waals surface area contributed by atoms with Gasteiger partial charge in [-0.15, -0.1) is 0 Å². The Labute approximate surface area is 130 Å². The van der Waals surface area contributed by atoms with E-state index in [4.69, 9.17) is 11.6 Å². The summed E-state index contributed by atoms with van der Waals surface area (Å²) < 4.78 is 0.754. The van der Waals surface area contributed by atoms with E-state index in [1.165, 1.54) is 0 Å². The maximum absolute atomic E-state index is 12.3. The van der Waals surface area contributed by atoms with Crippen LogP contribution in [0.3, 0.4) is 0 Å². The molecule has 0 aliphatic carbocycles. The molecule has 1 aromatic rings. The second-order valence-corrected chi connectivity index (χ2v) is 6.02. The predicted octanol–water partition coefficient (Wildman–Crippen LogP) is 4.74. The lowest BCUT2D eigenvalue weighted by atomic mass is 10.2. The first-order valence-electron chi connectivity index (χ1n) is 5.90. The van der Waals surface area contributed by atoms with Crippen molar-refractivity contribution < 1.29 is 4.79 Å². The van der Waals surface area contributed by atoms with Crippen molar-refractivity contribution in [1.82, 2.24) is 4.90 Å². The highest BCUT2D eigenvalue weighted by atomic mass is 79.9. The lowest BCUT2D eigenvalue weighted by molar-refractivity contribution is 0.0764. The minimum absolute atomic E-state index is 0.0558. The molecular weight excluding hydrogens is 381 g/mol. The number of alkyl halides is 1. The van der Waals surface area contributed by atoms with Gasteiger partial charge < -0.3 is 4.90 Å². The number of amides is 1. The first kappa shape index (κ1) is 16.0. The first-order valence-corrected chi connectivity index (χ1v) is 8.19. The predicted molar refractivity (Wildman–Crippen MR) is 83.8 cm³/mol. The number of rotatable bonds is 6. The molecule has 0 aliphatic heterocycles. The Kier molecular flexibility index (Phi) is 7.27. The molecular formula is C13H16Br2ClNO. The van der Waals surface area contributed by atoms with Gasteiger partial charge >= 0.3 is 0 Å². The fourth-order valence-corrected chi connectivity index (χ4v) is 2.50. The Morgan fingerprint density at radius 3 is 2.67 bits per heavy atom. The molecule has 1 rings (SSSR count). The van der Waals surface area contributed by atoms with Crippen LogP contribution in [0.1, 0.15) is 30.1 Å². The van der Waals surface area contributed by atoms with Crippen LogP contribution >= 0.6 is 43.5 Å². The van der Waals surface area contributed by atoms with E-state index in [0.717, 1.165) is 35.7 Å². The van der Waals surface area contributed by atoms with Gasteiger partial charge in [0.2, 0.25) is 0 Å². The van der Waals surface area contributed by atoms with Gasteiger partial charge in [0.1, 0.15) is 0 Å². The van der Waals surface area contributed by atoms with Crippen molar-refractivity contribution in [2.24, 2.45) is 0 Å². The average Bonchev–Trinajstić information content (AvgIpc) is 2.37. The maximum atomic E-state index is 12.3. The molecule has 0 fully saturated rings. The summed E-state index contributed by atoms with van der Waals surface area (Å²) in [7, 11) is 0. The molecule has 18 heavy (non-hydrogen) atoms. The van der Waals surface area contributed by atoms with Crippen molar-refractivity contribution in [1.29, 1.82) is 0 Å². The van der Waals surface area contributed by atoms with Gasteiger partial charge in [0.15, 0.2) is 0 Å². The Morgan fingerprint density at radius 2 is 2.11 bits per heavy atom. The summed E-state index contributed by atoms with van der Waals surface area (Å²) >= 11 is 12.7. The minimum Gasteiger partial charge on any atom is -0.338 e. The first-order chi connectivity index (χ1) is 8.60. The third-order valence-corrected chi connectivity index (χ3v) is 4.16. The molecule has 0 radical (unpaired) electrons. The second kappa shape index (κ2) is 8.18. The Morgan fingerprint density at radius 1 is 1.39 bits per heavy atom. The molecule has 1 amide bonds. The number of nitrogens with zero attached hydrogens (tertiary/aromatic N) is 1. The third-order valence-electron chi connectivity index (χ3n) is 2.59. The van der Waals surface area contributed by atoms with Crippen LogP contribution in [0.15, 0.2) is 22.7 Å². The van der Waals surface area contributed by atoms with E-state index in [-0.39, 0.29) is 5.91 Å². The molecule has 0 heterocycles. The van der Waals surface area contributed by atoms with E-state index in [2.05, 4.69) is 38.8 Å². The molecule has 0 saturated carbocycles. The highest BCUT2D eigenvalue weighted by Gasteiger charge is 2.15. The van der Waals surface area contributed by atoms with Crippen molar-refractivity contribution in [3.63, 3.8) is 0 Å². The van der Waals surface area contributed by atoms with E-state index in [0.29, 0.717) is 10.6 Å². The lowest BCUT2D eigenvalue weighted by Crippen LogP contribution is -2.33. The second-order valence-electron chi connectivity index (χ2n) is 3.96. The van der Waals surface area contributed by atoms with Crippen molar-refractivity contribution in [3.05, 3.63) is 33.3 Å². The molecule has 0 N–H and O–H groups in total. The van der Waals surface area contributed by atoms with E-state index >= 15 is 0 Å². The molecule has 0 saturated heterocycles. The van der Waals surface area contributed by atoms with E-state index in [1.54, 1.807) is 18.2 Å². The number of halogens is 3. The van der Waals surface area contributed by atoms with Gasteiger partial charge in [-0.25, -0.2) is 0 Å². The van der Waals surface area contributed by atoms with Crippen LogP contribution in [0.5, 0.6) is 0 Å². The molecule has 0 aromatic heterocycles. The summed E-state index contributed by atoms with van der Waals surface area (Å²) in [6.07, 6.45) is 2.10. The number of unbranched alkanes of at least 4 members (excludes halogenated alkanes) is 1. The Hall–Kier alpha value is -0.0600. The van der Waals surface area contributed by atoms with Crippen LogP contribution in [0, 0.1) is 0 Å². The molecule has 0 aliphatic rings. The van der Waals surface area contributed by atoms with Crippen LogP contribution in [0.2, 0.25) is 5.02 Å². The van der Waals surface area contributed by atoms with Crippen molar-refractivity contribution in [2.45, 2.75) is 19.8 Å². The van der Waals surface area contributed by atoms with Gasteiger partial charge in [-0.05, 0) is 40.5 Å². The van der Waals surface area contributed by atoms with E-state index < -0.39 is 0 Å². The number of hydrogen-bond donors (Lipinski definition) is 0. The smallest absolute Gasteiger partial charge is 0.253 e. The number of carbonyl (C=O) groups excluding carboxylic acids is 1. The zero-order valence-electron chi connectivity index (χ0n) is 10.3. The number of hydrogen-bond acceptors (Lipinski definition) is 1. The summed E-state index contributed by atoms with van der Waals surface area (Å²) in [6.45, 7) is 3.63. The molecule has 100 valence electrons. The molecule has 2 nitrogen and oxygen atoms in total. The summed E-state index contributed by atoms with van der Waals surface area (Å²) in [4.78, 5) is 14.2. The molecule has 0 spiro atoms. The largest absolute Gasteiger partial charge is 0.338 e. The number of carbonyl (C=O) groups is 1. The third kappa shape index (κ3) is 4.56. The highest BCUT2D eigenvalue weighted by molar-refractivity contribution is 9.10. The van der Waals surface area contributed by atoms with Crippen LogP contribution in [0.4, 0.5) is 0 Å². The standard InChI is InChI=1S/C13H16Br2ClNO/c1-2-3-7-17(8-6-14)13(18)10-4-5-12(16)11(15)9-10/h4-5,9H,2-3,6-8H2,1H3. The van der Waals surface area contributed by atoms with Gasteiger partial charge in [0.05, 0.1) is 5.02 Å². The molecule has 0 unspecified atom stereocenters. The van der Waals surface area contributed by atoms with Gasteiger partial charge in [-0.2, -0.15) is 0 Å². The van der Waals surface area contributed by atoms with Gasteiger partial charge in [-0.3, -0.25) is 4.79 Å². The maximum Gasteiger partial charge on any atom is 0.253 e.